The van der Waals surface area contributed by atoms with Crippen molar-refractivity contribution in [1.29, 1.82) is 0 Å². The molecule has 6 nitrogen and oxygen atoms in total. The predicted molar refractivity (Wildman–Crippen MR) is 108 cm³/mol. The van der Waals surface area contributed by atoms with Crippen LogP contribution in [0.1, 0.15) is 32.3 Å². The molecule has 1 amide bonds. The van der Waals surface area contributed by atoms with Gasteiger partial charge in [-0.15, -0.1) is 0 Å². The molecule has 0 spiro atoms. The van der Waals surface area contributed by atoms with E-state index in [0.717, 1.165) is 11.6 Å². The molecule has 0 aliphatic carbocycles. The van der Waals surface area contributed by atoms with E-state index in [1.54, 1.807) is 12.4 Å². The molecule has 29 heavy (non-hydrogen) atoms. The third-order valence-electron chi connectivity index (χ3n) is 5.24. The molecular weight excluding hydrogens is 393 g/mol. The Balaban J connectivity index is 1.67. The summed E-state index contributed by atoms with van der Waals surface area (Å²) in [5.41, 5.74) is 0.953. The number of sulfonamides is 1. The highest BCUT2D eigenvalue weighted by Gasteiger charge is 2.35. The van der Waals surface area contributed by atoms with E-state index >= 15 is 0 Å². The summed E-state index contributed by atoms with van der Waals surface area (Å²) in [7, 11) is -3.90. The summed E-state index contributed by atoms with van der Waals surface area (Å²) in [4.78, 5) is 18.7. The minimum absolute atomic E-state index is 0.0166. The number of benzene rings is 1. The van der Waals surface area contributed by atoms with Crippen molar-refractivity contribution in [2.24, 2.45) is 5.92 Å². The Bertz CT molecular complexity index is 943. The number of amides is 1. The van der Waals surface area contributed by atoms with Crippen molar-refractivity contribution < 1.29 is 17.6 Å². The number of nitrogens with zero attached hydrogens (tertiary/aromatic N) is 3. The van der Waals surface area contributed by atoms with Gasteiger partial charge in [-0.3, -0.25) is 9.78 Å². The van der Waals surface area contributed by atoms with Crippen LogP contribution < -0.4 is 0 Å². The van der Waals surface area contributed by atoms with E-state index in [4.69, 9.17) is 0 Å². The number of hydrogen-bond acceptors (Lipinski definition) is 4. The highest BCUT2D eigenvalue weighted by atomic mass is 32.2. The first-order chi connectivity index (χ1) is 13.8. The van der Waals surface area contributed by atoms with Crippen molar-refractivity contribution >= 4 is 15.9 Å². The Kier molecular flexibility index (Phi) is 6.64. The topological polar surface area (TPSA) is 70.6 Å². The zero-order valence-electron chi connectivity index (χ0n) is 16.7. The molecule has 2 aromatic rings. The van der Waals surface area contributed by atoms with Gasteiger partial charge in [-0.05, 0) is 50.5 Å². The summed E-state index contributed by atoms with van der Waals surface area (Å²) in [6.45, 7) is 4.80. The fraction of sp³-hybridized carbons (Fsp3) is 0.429. The molecule has 1 aliphatic heterocycles. The first-order valence-electron chi connectivity index (χ1n) is 9.74. The monoisotopic (exact) mass is 419 g/mol. The zero-order chi connectivity index (χ0) is 21.0. The maximum atomic E-state index is 14.0. The number of pyridine rings is 1. The molecule has 0 N–H and O–H groups in total. The number of carbonyl (C=O) groups excluding carboxylic acids is 1. The predicted octanol–water partition coefficient (Wildman–Crippen LogP) is 3.06. The molecule has 2 heterocycles. The van der Waals surface area contributed by atoms with Crippen LogP contribution in [0.5, 0.6) is 0 Å². The molecule has 1 fully saturated rings. The molecule has 1 saturated heterocycles. The zero-order valence-corrected chi connectivity index (χ0v) is 17.5. The molecule has 8 heteroatoms. The van der Waals surface area contributed by atoms with E-state index in [1.165, 1.54) is 22.5 Å². The SMILES string of the molecule is CC(C)N(Cc1cccnc1)C(=O)C1CCN(S(=O)(=O)c2ccccc2F)CC1. The third kappa shape index (κ3) is 4.82. The van der Waals surface area contributed by atoms with Crippen LogP contribution in [0, 0.1) is 11.7 Å². The van der Waals surface area contributed by atoms with Crippen molar-refractivity contribution in [3.8, 4) is 0 Å². The van der Waals surface area contributed by atoms with Gasteiger partial charge in [-0.2, -0.15) is 4.31 Å². The maximum absolute atomic E-state index is 14.0. The molecule has 0 bridgehead atoms. The van der Waals surface area contributed by atoms with Gasteiger partial charge in [0.05, 0.1) is 0 Å². The number of rotatable bonds is 6. The van der Waals surface area contributed by atoms with Crippen LogP contribution in [0.2, 0.25) is 0 Å². The maximum Gasteiger partial charge on any atom is 0.245 e. The van der Waals surface area contributed by atoms with Gasteiger partial charge in [0.15, 0.2) is 0 Å². The van der Waals surface area contributed by atoms with Gasteiger partial charge < -0.3 is 4.90 Å². The summed E-state index contributed by atoms with van der Waals surface area (Å²) < 4.78 is 40.8. The Morgan fingerprint density at radius 3 is 2.48 bits per heavy atom. The standard InChI is InChI=1S/C21H26FN3O3S/c1-16(2)25(15-17-6-5-11-23-14-17)21(26)18-9-12-24(13-10-18)29(27,28)20-8-4-3-7-19(20)22/h3-8,11,14,16,18H,9-10,12-13,15H2,1-2H3. The van der Waals surface area contributed by atoms with E-state index in [0.29, 0.717) is 19.4 Å². The summed E-state index contributed by atoms with van der Waals surface area (Å²) >= 11 is 0. The van der Waals surface area contributed by atoms with E-state index < -0.39 is 15.8 Å². The normalized spacial score (nSPS) is 16.1. The van der Waals surface area contributed by atoms with Crippen molar-refractivity contribution in [3.05, 3.63) is 60.2 Å². The number of hydrogen-bond donors (Lipinski definition) is 0. The van der Waals surface area contributed by atoms with Crippen molar-refractivity contribution in [3.63, 3.8) is 0 Å². The van der Waals surface area contributed by atoms with Crippen molar-refractivity contribution in [2.75, 3.05) is 13.1 Å². The second kappa shape index (κ2) is 9.00. The van der Waals surface area contributed by atoms with Crippen molar-refractivity contribution in [2.45, 2.75) is 44.2 Å². The number of piperidine rings is 1. The lowest BCUT2D eigenvalue weighted by Gasteiger charge is -2.35. The fourth-order valence-corrected chi connectivity index (χ4v) is 5.11. The second-order valence-electron chi connectivity index (χ2n) is 7.53. The number of aromatic nitrogens is 1. The second-order valence-corrected chi connectivity index (χ2v) is 9.44. The first-order valence-corrected chi connectivity index (χ1v) is 11.2. The van der Waals surface area contributed by atoms with Gasteiger partial charge in [-0.1, -0.05) is 18.2 Å². The average Bonchev–Trinajstić information content (AvgIpc) is 2.72. The van der Waals surface area contributed by atoms with Gasteiger partial charge in [0.2, 0.25) is 15.9 Å². The Hall–Kier alpha value is -2.32. The van der Waals surface area contributed by atoms with Gasteiger partial charge in [0.1, 0.15) is 10.7 Å². The largest absolute Gasteiger partial charge is 0.336 e. The van der Waals surface area contributed by atoms with E-state index in [1.807, 2.05) is 30.9 Å². The molecule has 1 aromatic heterocycles. The average molecular weight is 420 g/mol. The van der Waals surface area contributed by atoms with Crippen LogP contribution >= 0.6 is 0 Å². The van der Waals surface area contributed by atoms with Gasteiger partial charge in [0, 0.05) is 44.0 Å². The summed E-state index contributed by atoms with van der Waals surface area (Å²) in [6.07, 6.45) is 4.27. The summed E-state index contributed by atoms with van der Waals surface area (Å²) in [5.74, 6) is -0.985. The van der Waals surface area contributed by atoms with Crippen LogP contribution in [0.15, 0.2) is 53.7 Å². The lowest BCUT2D eigenvalue weighted by atomic mass is 9.95. The minimum atomic E-state index is -3.90. The van der Waals surface area contributed by atoms with E-state index in [9.17, 15) is 17.6 Å². The van der Waals surface area contributed by atoms with E-state index in [-0.39, 0.29) is 35.9 Å². The molecule has 3 rings (SSSR count). The molecule has 156 valence electrons. The smallest absolute Gasteiger partial charge is 0.245 e. The Labute approximate surface area is 171 Å². The fourth-order valence-electron chi connectivity index (χ4n) is 3.57. The first kappa shape index (κ1) is 21.4. The Morgan fingerprint density at radius 1 is 1.21 bits per heavy atom. The Morgan fingerprint density at radius 2 is 1.90 bits per heavy atom. The molecule has 1 aromatic carbocycles. The van der Waals surface area contributed by atoms with Crippen molar-refractivity contribution in [1.82, 2.24) is 14.2 Å². The molecule has 0 unspecified atom stereocenters. The van der Waals surface area contributed by atoms with Gasteiger partial charge >= 0.3 is 0 Å². The molecule has 0 saturated carbocycles. The lowest BCUT2D eigenvalue weighted by Crippen LogP contribution is -2.46. The quantitative estimate of drug-likeness (QED) is 0.722. The van der Waals surface area contributed by atoms with Crippen LogP contribution in [0.4, 0.5) is 4.39 Å². The van der Waals surface area contributed by atoms with Crippen LogP contribution in [-0.4, -0.2) is 47.6 Å². The summed E-state index contributed by atoms with van der Waals surface area (Å²) in [5, 5.41) is 0. The van der Waals surface area contributed by atoms with Gasteiger partial charge in [0.25, 0.3) is 0 Å². The number of carbonyl (C=O) groups is 1. The van der Waals surface area contributed by atoms with E-state index in [2.05, 4.69) is 4.98 Å². The van der Waals surface area contributed by atoms with Crippen LogP contribution in [0.25, 0.3) is 0 Å². The van der Waals surface area contributed by atoms with Gasteiger partial charge in [-0.25, -0.2) is 12.8 Å². The highest BCUT2D eigenvalue weighted by molar-refractivity contribution is 7.89. The highest BCUT2D eigenvalue weighted by Crippen LogP contribution is 2.27. The summed E-state index contributed by atoms with van der Waals surface area (Å²) in [6, 6.07) is 9.16. The van der Waals surface area contributed by atoms with Crippen LogP contribution in [-0.2, 0) is 21.4 Å². The minimum Gasteiger partial charge on any atom is -0.336 e. The number of halogens is 1. The molecule has 1 aliphatic rings. The molecule has 0 atom stereocenters. The van der Waals surface area contributed by atoms with Crippen LogP contribution in [0.3, 0.4) is 0 Å². The third-order valence-corrected chi connectivity index (χ3v) is 7.17. The molecular formula is C21H26FN3O3S. The lowest BCUT2D eigenvalue weighted by molar-refractivity contribution is -0.139. The molecule has 0 radical (unpaired) electrons.